The Kier molecular flexibility index (Phi) is 12.6. The Morgan fingerprint density at radius 2 is 1.55 bits per heavy atom. The van der Waals surface area contributed by atoms with Gasteiger partial charge in [-0.05, 0) is 117 Å². The maximum absolute atomic E-state index is 11.5. The molecule has 3 atom stereocenters. The summed E-state index contributed by atoms with van der Waals surface area (Å²) in [6.07, 6.45) is 17.1. The zero-order valence-electron chi connectivity index (χ0n) is 22.5. The van der Waals surface area contributed by atoms with Crippen molar-refractivity contribution in [3.63, 3.8) is 0 Å². The van der Waals surface area contributed by atoms with Gasteiger partial charge in [-0.25, -0.2) is 0 Å². The van der Waals surface area contributed by atoms with Gasteiger partial charge in [0.1, 0.15) is 6.29 Å². The summed E-state index contributed by atoms with van der Waals surface area (Å²) in [6, 6.07) is 0. The molecular weight excluding hydrogens is 408 g/mol. The molecule has 1 saturated carbocycles. The number of allylic oxidation sites excluding steroid dienone is 8. The molecule has 0 bridgehead atoms. The summed E-state index contributed by atoms with van der Waals surface area (Å²) in [5, 5.41) is 20.9. The number of carbonyl (C=O) groups excluding carboxylic acids is 1. The topological polar surface area (TPSA) is 57.5 Å². The number of rotatable bonds is 13. The van der Waals surface area contributed by atoms with Gasteiger partial charge in [-0.3, -0.25) is 4.79 Å². The second-order valence-electron chi connectivity index (χ2n) is 10.9. The van der Waals surface area contributed by atoms with Crippen LogP contribution in [-0.2, 0) is 4.79 Å². The van der Waals surface area contributed by atoms with E-state index in [0.29, 0.717) is 12.8 Å². The number of hydrogen-bond acceptors (Lipinski definition) is 3. The summed E-state index contributed by atoms with van der Waals surface area (Å²) in [7, 11) is 0. The van der Waals surface area contributed by atoms with E-state index in [2.05, 4.69) is 52.8 Å². The first-order chi connectivity index (χ1) is 15.5. The number of carbonyl (C=O) groups is 1. The molecule has 0 aromatic carbocycles. The molecule has 3 unspecified atom stereocenters. The van der Waals surface area contributed by atoms with E-state index in [1.165, 1.54) is 22.3 Å². The molecule has 3 nitrogen and oxygen atoms in total. The van der Waals surface area contributed by atoms with Crippen LogP contribution in [0.25, 0.3) is 0 Å². The quantitative estimate of drug-likeness (QED) is 0.169. The highest BCUT2D eigenvalue weighted by Crippen LogP contribution is 2.55. The van der Waals surface area contributed by atoms with Gasteiger partial charge in [0.25, 0.3) is 0 Å². The van der Waals surface area contributed by atoms with Crippen LogP contribution in [0.5, 0.6) is 0 Å². The van der Waals surface area contributed by atoms with Crippen LogP contribution in [0.3, 0.4) is 0 Å². The standard InChI is InChI=1S/C30H50O3/c1-23(2)12-8-13-24(3)14-9-15-25(4)16-10-19-29(6)28(17-11-21-31)27(26(5)22-32)18-20-30(29,7)33/h12,14,16,22,28,31,33H,8-11,13,15,17-21H2,1-7H3. The zero-order chi connectivity index (χ0) is 25.1. The summed E-state index contributed by atoms with van der Waals surface area (Å²) < 4.78 is 0. The van der Waals surface area contributed by atoms with Gasteiger partial charge in [0.2, 0.25) is 0 Å². The molecule has 3 heteroatoms. The normalized spacial score (nSPS) is 28.0. The largest absolute Gasteiger partial charge is 0.396 e. The van der Waals surface area contributed by atoms with Crippen LogP contribution in [0.15, 0.2) is 46.1 Å². The van der Waals surface area contributed by atoms with Crippen molar-refractivity contribution in [3.05, 3.63) is 46.1 Å². The van der Waals surface area contributed by atoms with Gasteiger partial charge < -0.3 is 10.2 Å². The van der Waals surface area contributed by atoms with Crippen molar-refractivity contribution in [2.75, 3.05) is 6.61 Å². The number of aliphatic hydroxyl groups is 2. The zero-order valence-corrected chi connectivity index (χ0v) is 22.5. The average molecular weight is 459 g/mol. The van der Waals surface area contributed by atoms with Gasteiger partial charge in [-0.15, -0.1) is 0 Å². The van der Waals surface area contributed by atoms with Crippen LogP contribution in [0, 0.1) is 11.3 Å². The molecule has 0 heterocycles. The maximum atomic E-state index is 11.5. The van der Waals surface area contributed by atoms with Gasteiger partial charge in [0.05, 0.1) is 5.60 Å². The van der Waals surface area contributed by atoms with Crippen LogP contribution < -0.4 is 0 Å². The SMILES string of the molecule is CC(C)=CCCC(C)=CCCC(C)=CCCC1(C)C(CCCO)C(=C(C)C=O)CCC1(C)O. The van der Waals surface area contributed by atoms with Crippen molar-refractivity contribution in [1.82, 2.24) is 0 Å². The smallest absolute Gasteiger partial charge is 0.145 e. The summed E-state index contributed by atoms with van der Waals surface area (Å²) in [5.74, 6) is 0.124. The van der Waals surface area contributed by atoms with Crippen molar-refractivity contribution in [1.29, 1.82) is 0 Å². The minimum Gasteiger partial charge on any atom is -0.396 e. The van der Waals surface area contributed by atoms with Crippen LogP contribution in [0.4, 0.5) is 0 Å². The molecule has 0 spiro atoms. The molecule has 1 fully saturated rings. The van der Waals surface area contributed by atoms with Crippen molar-refractivity contribution in [2.24, 2.45) is 11.3 Å². The highest BCUT2D eigenvalue weighted by molar-refractivity contribution is 5.74. The van der Waals surface area contributed by atoms with Gasteiger partial charge in [0, 0.05) is 12.0 Å². The van der Waals surface area contributed by atoms with Gasteiger partial charge in [-0.1, -0.05) is 47.4 Å². The van der Waals surface area contributed by atoms with Crippen LogP contribution in [-0.4, -0.2) is 28.7 Å². The first-order valence-corrected chi connectivity index (χ1v) is 12.9. The molecule has 1 aliphatic rings. The highest BCUT2D eigenvalue weighted by Gasteiger charge is 2.51. The lowest BCUT2D eigenvalue weighted by Crippen LogP contribution is -2.52. The Labute approximate surface area is 203 Å². The Morgan fingerprint density at radius 3 is 2.09 bits per heavy atom. The molecule has 2 N–H and O–H groups in total. The number of aldehydes is 1. The van der Waals surface area contributed by atoms with E-state index in [1.54, 1.807) is 0 Å². The summed E-state index contributed by atoms with van der Waals surface area (Å²) >= 11 is 0. The molecule has 1 aliphatic carbocycles. The van der Waals surface area contributed by atoms with Crippen LogP contribution in [0.1, 0.15) is 113 Å². The summed E-state index contributed by atoms with van der Waals surface area (Å²) in [6.45, 7) is 14.9. The Bertz CT molecular complexity index is 747. The van der Waals surface area contributed by atoms with E-state index in [-0.39, 0.29) is 17.9 Å². The second-order valence-corrected chi connectivity index (χ2v) is 10.9. The van der Waals surface area contributed by atoms with Gasteiger partial charge >= 0.3 is 0 Å². The van der Waals surface area contributed by atoms with E-state index in [1.807, 2.05) is 13.8 Å². The molecule has 0 amide bonds. The van der Waals surface area contributed by atoms with E-state index >= 15 is 0 Å². The fourth-order valence-electron chi connectivity index (χ4n) is 5.33. The van der Waals surface area contributed by atoms with E-state index < -0.39 is 5.60 Å². The molecule has 0 saturated heterocycles. The lowest BCUT2D eigenvalue weighted by atomic mass is 9.54. The fourth-order valence-corrected chi connectivity index (χ4v) is 5.33. The monoisotopic (exact) mass is 458 g/mol. The first kappa shape index (κ1) is 29.6. The van der Waals surface area contributed by atoms with E-state index in [0.717, 1.165) is 63.2 Å². The number of aliphatic hydroxyl groups excluding tert-OH is 1. The lowest BCUT2D eigenvalue weighted by Gasteiger charge is -2.53. The minimum absolute atomic E-state index is 0.124. The molecule has 0 aliphatic heterocycles. The Morgan fingerprint density at radius 1 is 0.970 bits per heavy atom. The molecule has 1 rings (SSSR count). The lowest BCUT2D eigenvalue weighted by molar-refractivity contribution is -0.115. The van der Waals surface area contributed by atoms with Crippen molar-refractivity contribution < 1.29 is 15.0 Å². The van der Waals surface area contributed by atoms with Crippen LogP contribution >= 0.6 is 0 Å². The first-order valence-electron chi connectivity index (χ1n) is 12.9. The van der Waals surface area contributed by atoms with Crippen molar-refractivity contribution in [2.45, 2.75) is 118 Å². The molecule has 0 aromatic rings. The van der Waals surface area contributed by atoms with Gasteiger partial charge in [0.15, 0.2) is 0 Å². The van der Waals surface area contributed by atoms with Crippen molar-refractivity contribution in [3.8, 4) is 0 Å². The molecule has 188 valence electrons. The van der Waals surface area contributed by atoms with E-state index in [4.69, 9.17) is 0 Å². The average Bonchev–Trinajstić information content (AvgIpc) is 2.74. The summed E-state index contributed by atoms with van der Waals surface area (Å²) in [5.41, 5.74) is 5.12. The predicted molar refractivity (Wildman–Crippen MR) is 141 cm³/mol. The predicted octanol–water partition coefficient (Wildman–Crippen LogP) is 7.64. The Hall–Kier alpha value is -1.45. The third-order valence-electron chi connectivity index (χ3n) is 7.91. The number of hydrogen-bond donors (Lipinski definition) is 2. The maximum Gasteiger partial charge on any atom is 0.145 e. The molecule has 0 aromatic heterocycles. The second kappa shape index (κ2) is 14.1. The fraction of sp³-hybridized carbons (Fsp3) is 0.700. The molecular formula is C30H50O3. The van der Waals surface area contributed by atoms with E-state index in [9.17, 15) is 15.0 Å². The van der Waals surface area contributed by atoms with Crippen LogP contribution in [0.2, 0.25) is 0 Å². The molecule has 33 heavy (non-hydrogen) atoms. The highest BCUT2D eigenvalue weighted by atomic mass is 16.3. The Balaban J connectivity index is 2.83. The van der Waals surface area contributed by atoms with Gasteiger partial charge in [-0.2, -0.15) is 0 Å². The summed E-state index contributed by atoms with van der Waals surface area (Å²) in [4.78, 5) is 11.5. The third-order valence-corrected chi connectivity index (χ3v) is 7.91. The molecule has 0 radical (unpaired) electrons. The minimum atomic E-state index is -0.785. The third kappa shape index (κ3) is 9.02. The van der Waals surface area contributed by atoms with Crippen molar-refractivity contribution >= 4 is 6.29 Å².